The molecule has 0 radical (unpaired) electrons. The van der Waals surface area contributed by atoms with E-state index in [1.807, 2.05) is 48.5 Å². The van der Waals surface area contributed by atoms with Gasteiger partial charge in [-0.3, -0.25) is 0 Å². The summed E-state index contributed by atoms with van der Waals surface area (Å²) >= 11 is 0. The van der Waals surface area contributed by atoms with Gasteiger partial charge in [0.25, 0.3) is 0 Å². The molecule has 0 amide bonds. The van der Waals surface area contributed by atoms with Crippen molar-refractivity contribution in [2.75, 3.05) is 19.5 Å². The van der Waals surface area contributed by atoms with Crippen molar-refractivity contribution in [1.82, 2.24) is 0 Å². The van der Waals surface area contributed by atoms with Gasteiger partial charge in [0.05, 0.1) is 13.2 Å². The van der Waals surface area contributed by atoms with E-state index in [1.165, 1.54) is 19.8 Å². The summed E-state index contributed by atoms with van der Waals surface area (Å²) in [5, 5.41) is 3.46. The van der Waals surface area contributed by atoms with Crippen LogP contribution >= 0.6 is 0 Å². The first kappa shape index (κ1) is 17.0. The standard InChI is InChI=1S/C19H23NO3/c1-4-14-10-8-9-13-16(14)20-17(15-11-6-5-7-12-15)18(22-2)19(21)23-3/h5-13,17-18,20H,4H2,1-3H3/t17-,18+/m1/s1. The molecule has 0 aromatic heterocycles. The molecule has 0 aliphatic carbocycles. The van der Waals surface area contributed by atoms with Crippen molar-refractivity contribution >= 4 is 11.7 Å². The van der Waals surface area contributed by atoms with Crippen molar-refractivity contribution in [3.8, 4) is 0 Å². The van der Waals surface area contributed by atoms with E-state index >= 15 is 0 Å². The molecule has 0 fully saturated rings. The SMILES string of the molecule is CCc1ccccc1N[C@H](c1ccccc1)[C@H](OC)C(=O)OC. The molecule has 0 aliphatic rings. The van der Waals surface area contributed by atoms with Crippen LogP contribution in [0.15, 0.2) is 54.6 Å². The van der Waals surface area contributed by atoms with Gasteiger partial charge < -0.3 is 14.8 Å². The third-order valence-corrected chi connectivity index (χ3v) is 3.86. The van der Waals surface area contributed by atoms with Crippen LogP contribution in [-0.4, -0.2) is 26.3 Å². The smallest absolute Gasteiger partial charge is 0.337 e. The Morgan fingerprint density at radius 2 is 1.70 bits per heavy atom. The first-order valence-corrected chi connectivity index (χ1v) is 7.71. The van der Waals surface area contributed by atoms with Crippen LogP contribution < -0.4 is 5.32 Å². The molecule has 122 valence electrons. The van der Waals surface area contributed by atoms with Crippen LogP contribution in [0.25, 0.3) is 0 Å². The predicted octanol–water partition coefficient (Wildman–Crippen LogP) is 3.59. The Morgan fingerprint density at radius 3 is 2.30 bits per heavy atom. The van der Waals surface area contributed by atoms with Crippen molar-refractivity contribution in [2.24, 2.45) is 0 Å². The van der Waals surface area contributed by atoms with Crippen LogP contribution in [0.3, 0.4) is 0 Å². The average molecular weight is 313 g/mol. The second-order valence-electron chi connectivity index (χ2n) is 5.22. The molecule has 0 unspecified atom stereocenters. The maximum absolute atomic E-state index is 12.1. The van der Waals surface area contributed by atoms with E-state index < -0.39 is 12.1 Å². The first-order valence-electron chi connectivity index (χ1n) is 7.71. The summed E-state index contributed by atoms with van der Waals surface area (Å²) in [6.45, 7) is 2.10. The molecule has 2 rings (SSSR count). The number of ether oxygens (including phenoxy) is 2. The molecule has 0 saturated carbocycles. The number of hydrogen-bond acceptors (Lipinski definition) is 4. The highest BCUT2D eigenvalue weighted by atomic mass is 16.6. The molecular formula is C19H23NO3. The van der Waals surface area contributed by atoms with Crippen LogP contribution in [-0.2, 0) is 20.7 Å². The van der Waals surface area contributed by atoms with Crippen LogP contribution in [0.5, 0.6) is 0 Å². The normalized spacial score (nSPS) is 13.2. The summed E-state index contributed by atoms with van der Waals surface area (Å²) in [5.41, 5.74) is 3.15. The zero-order valence-electron chi connectivity index (χ0n) is 13.8. The second-order valence-corrected chi connectivity index (χ2v) is 5.22. The minimum Gasteiger partial charge on any atom is -0.467 e. The highest BCUT2D eigenvalue weighted by Crippen LogP contribution is 2.27. The fourth-order valence-electron chi connectivity index (χ4n) is 2.62. The van der Waals surface area contributed by atoms with Gasteiger partial charge >= 0.3 is 5.97 Å². The number of hydrogen-bond donors (Lipinski definition) is 1. The number of rotatable bonds is 7. The molecule has 0 saturated heterocycles. The zero-order valence-corrected chi connectivity index (χ0v) is 13.8. The van der Waals surface area contributed by atoms with Gasteiger partial charge in [0, 0.05) is 12.8 Å². The molecule has 0 heterocycles. The Morgan fingerprint density at radius 1 is 1.04 bits per heavy atom. The molecule has 2 aromatic carbocycles. The minimum atomic E-state index is -0.729. The van der Waals surface area contributed by atoms with E-state index in [1.54, 1.807) is 0 Å². The topological polar surface area (TPSA) is 47.6 Å². The molecule has 2 atom stereocenters. The van der Waals surface area contributed by atoms with Crippen LogP contribution in [0.2, 0.25) is 0 Å². The highest BCUT2D eigenvalue weighted by molar-refractivity contribution is 5.76. The van der Waals surface area contributed by atoms with Crippen LogP contribution in [0, 0.1) is 0 Å². The van der Waals surface area contributed by atoms with Gasteiger partial charge in [-0.15, -0.1) is 0 Å². The molecule has 2 aromatic rings. The van der Waals surface area contributed by atoms with Crippen molar-refractivity contribution in [3.05, 3.63) is 65.7 Å². The average Bonchev–Trinajstić information content (AvgIpc) is 2.62. The summed E-state index contributed by atoms with van der Waals surface area (Å²) in [5.74, 6) is -0.400. The van der Waals surface area contributed by atoms with Crippen molar-refractivity contribution in [2.45, 2.75) is 25.5 Å². The Hall–Kier alpha value is -2.33. The summed E-state index contributed by atoms with van der Waals surface area (Å²) < 4.78 is 10.3. The number of benzene rings is 2. The quantitative estimate of drug-likeness (QED) is 0.794. The Kier molecular flexibility index (Phi) is 6.18. The molecule has 0 aliphatic heterocycles. The summed E-state index contributed by atoms with van der Waals surface area (Å²) in [7, 11) is 2.89. The van der Waals surface area contributed by atoms with Gasteiger partial charge in [-0.2, -0.15) is 0 Å². The maximum Gasteiger partial charge on any atom is 0.337 e. The number of nitrogens with one attached hydrogen (secondary N) is 1. The lowest BCUT2D eigenvalue weighted by molar-refractivity contribution is -0.153. The lowest BCUT2D eigenvalue weighted by atomic mass is 9.99. The maximum atomic E-state index is 12.1. The second kappa shape index (κ2) is 8.34. The molecular weight excluding hydrogens is 290 g/mol. The number of aryl methyl sites for hydroxylation is 1. The number of methoxy groups -OCH3 is 2. The van der Waals surface area contributed by atoms with E-state index in [4.69, 9.17) is 9.47 Å². The fourth-order valence-corrected chi connectivity index (χ4v) is 2.62. The van der Waals surface area contributed by atoms with E-state index in [9.17, 15) is 4.79 Å². The molecule has 0 spiro atoms. The third-order valence-electron chi connectivity index (χ3n) is 3.86. The summed E-state index contributed by atoms with van der Waals surface area (Å²) in [6, 6.07) is 17.5. The first-order chi connectivity index (χ1) is 11.2. The number of para-hydroxylation sites is 1. The zero-order chi connectivity index (χ0) is 16.7. The van der Waals surface area contributed by atoms with Crippen molar-refractivity contribution in [3.63, 3.8) is 0 Å². The van der Waals surface area contributed by atoms with E-state index in [-0.39, 0.29) is 6.04 Å². The minimum absolute atomic E-state index is 0.332. The van der Waals surface area contributed by atoms with Crippen molar-refractivity contribution in [1.29, 1.82) is 0 Å². The molecule has 23 heavy (non-hydrogen) atoms. The number of carbonyl (C=O) groups is 1. The van der Waals surface area contributed by atoms with Crippen LogP contribution in [0.1, 0.15) is 24.1 Å². The number of carbonyl (C=O) groups excluding carboxylic acids is 1. The van der Waals surface area contributed by atoms with Gasteiger partial charge in [0.2, 0.25) is 0 Å². The Balaban J connectivity index is 2.39. The predicted molar refractivity (Wildman–Crippen MR) is 91.4 cm³/mol. The number of esters is 1. The lowest BCUT2D eigenvalue weighted by Crippen LogP contribution is -2.35. The number of anilines is 1. The Bertz CT molecular complexity index is 628. The highest BCUT2D eigenvalue weighted by Gasteiger charge is 2.30. The van der Waals surface area contributed by atoms with Gasteiger partial charge in [-0.1, -0.05) is 55.5 Å². The summed E-state index contributed by atoms with van der Waals surface area (Å²) in [6.07, 6.45) is 0.174. The van der Waals surface area contributed by atoms with Gasteiger partial charge in [-0.25, -0.2) is 4.79 Å². The molecule has 4 nitrogen and oxygen atoms in total. The van der Waals surface area contributed by atoms with Gasteiger partial charge in [-0.05, 0) is 23.6 Å². The van der Waals surface area contributed by atoms with Crippen LogP contribution in [0.4, 0.5) is 5.69 Å². The van der Waals surface area contributed by atoms with Crippen molar-refractivity contribution < 1.29 is 14.3 Å². The molecule has 1 N–H and O–H groups in total. The Labute approximate surface area is 137 Å². The van der Waals surface area contributed by atoms with E-state index in [0.29, 0.717) is 0 Å². The van der Waals surface area contributed by atoms with E-state index in [0.717, 1.165) is 17.7 Å². The van der Waals surface area contributed by atoms with Gasteiger partial charge in [0.1, 0.15) is 0 Å². The largest absolute Gasteiger partial charge is 0.467 e. The summed E-state index contributed by atoms with van der Waals surface area (Å²) in [4.78, 5) is 12.1. The van der Waals surface area contributed by atoms with Gasteiger partial charge in [0.15, 0.2) is 6.10 Å². The lowest BCUT2D eigenvalue weighted by Gasteiger charge is -2.27. The monoisotopic (exact) mass is 313 g/mol. The van der Waals surface area contributed by atoms with E-state index in [2.05, 4.69) is 18.3 Å². The fraction of sp³-hybridized carbons (Fsp3) is 0.316. The molecule has 4 heteroatoms. The molecule has 0 bridgehead atoms. The third kappa shape index (κ3) is 4.11.